The molecule has 0 aromatic carbocycles. The molecule has 1 aromatic rings. The smallest absolute Gasteiger partial charge is 0.297 e. The van der Waals surface area contributed by atoms with E-state index >= 15 is 0 Å². The third-order valence-electron chi connectivity index (χ3n) is 4.40. The molecule has 2 fully saturated rings. The summed E-state index contributed by atoms with van der Waals surface area (Å²) in [6.07, 6.45) is 7.68. The Morgan fingerprint density at radius 2 is 1.84 bits per heavy atom. The summed E-state index contributed by atoms with van der Waals surface area (Å²) in [7, 11) is 0. The number of aromatic amines is 1. The molecule has 0 radical (unpaired) electrons. The second-order valence-electron chi connectivity index (χ2n) is 5.83. The Morgan fingerprint density at radius 3 is 2.47 bits per heavy atom. The van der Waals surface area contributed by atoms with E-state index < -0.39 is 0 Å². The molecule has 19 heavy (non-hydrogen) atoms. The number of hydrogen-bond acceptors (Lipinski definition) is 2. The fourth-order valence-corrected chi connectivity index (χ4v) is 3.37. The van der Waals surface area contributed by atoms with Crippen LogP contribution in [0.25, 0.3) is 0 Å². The first-order valence-corrected chi connectivity index (χ1v) is 7.57. The maximum Gasteiger partial charge on any atom is 0.329 e. The Morgan fingerprint density at radius 1 is 1.16 bits per heavy atom. The molecule has 2 aliphatic rings. The number of nitrogens with zero attached hydrogens (tertiary/aromatic N) is 1. The van der Waals surface area contributed by atoms with Gasteiger partial charge in [0, 0.05) is 6.54 Å². The fourth-order valence-electron chi connectivity index (χ4n) is 3.05. The zero-order valence-corrected chi connectivity index (χ0v) is 11.7. The van der Waals surface area contributed by atoms with Crippen molar-refractivity contribution in [2.75, 3.05) is 0 Å². The quantitative estimate of drug-likeness (QED) is 0.863. The molecule has 5 heteroatoms. The number of hydrogen-bond donors (Lipinski definition) is 1. The molecule has 0 saturated heterocycles. The van der Waals surface area contributed by atoms with Gasteiger partial charge in [-0.3, -0.25) is 14.3 Å². The van der Waals surface area contributed by atoms with Crippen LogP contribution in [-0.2, 0) is 6.54 Å². The highest BCUT2D eigenvalue weighted by Gasteiger charge is 2.26. The van der Waals surface area contributed by atoms with Crippen LogP contribution in [0.1, 0.15) is 56.4 Å². The highest BCUT2D eigenvalue weighted by Crippen LogP contribution is 2.35. The first-order valence-electron chi connectivity index (χ1n) is 7.19. The normalized spacial score (nSPS) is 20.1. The van der Waals surface area contributed by atoms with Crippen LogP contribution in [0.15, 0.2) is 9.59 Å². The third-order valence-corrected chi connectivity index (χ3v) is 4.69. The van der Waals surface area contributed by atoms with Crippen molar-refractivity contribution < 1.29 is 0 Å². The maximum atomic E-state index is 12.5. The van der Waals surface area contributed by atoms with Crippen LogP contribution in [0.4, 0.5) is 0 Å². The summed E-state index contributed by atoms with van der Waals surface area (Å²) in [4.78, 5) is 27.0. The molecule has 104 valence electrons. The van der Waals surface area contributed by atoms with Gasteiger partial charge >= 0.3 is 5.69 Å². The van der Waals surface area contributed by atoms with Crippen molar-refractivity contribution in [3.63, 3.8) is 0 Å². The second kappa shape index (κ2) is 5.16. The number of halogens is 1. The van der Waals surface area contributed by atoms with Gasteiger partial charge in [-0.25, -0.2) is 4.79 Å². The molecule has 0 bridgehead atoms. The van der Waals surface area contributed by atoms with Crippen LogP contribution in [0.3, 0.4) is 0 Å². The lowest BCUT2D eigenvalue weighted by atomic mass is 10.0. The van der Waals surface area contributed by atoms with Crippen molar-refractivity contribution in [2.24, 2.45) is 5.92 Å². The van der Waals surface area contributed by atoms with Gasteiger partial charge in [-0.15, -0.1) is 0 Å². The molecule has 0 atom stereocenters. The van der Waals surface area contributed by atoms with Crippen LogP contribution < -0.4 is 11.2 Å². The van der Waals surface area contributed by atoms with E-state index in [0.29, 0.717) is 18.0 Å². The van der Waals surface area contributed by atoms with Gasteiger partial charge in [0.25, 0.3) is 5.56 Å². The minimum Gasteiger partial charge on any atom is -0.297 e. The Balaban J connectivity index is 1.95. The summed E-state index contributed by atoms with van der Waals surface area (Å²) >= 11 is 6.09. The van der Waals surface area contributed by atoms with E-state index in [1.54, 1.807) is 0 Å². The topological polar surface area (TPSA) is 54.9 Å². The molecule has 1 aromatic heterocycles. The van der Waals surface area contributed by atoms with Gasteiger partial charge < -0.3 is 0 Å². The van der Waals surface area contributed by atoms with E-state index in [2.05, 4.69) is 4.98 Å². The molecular formula is C14H19ClN2O2. The predicted molar refractivity (Wildman–Crippen MR) is 74.9 cm³/mol. The minimum absolute atomic E-state index is 0.165. The summed E-state index contributed by atoms with van der Waals surface area (Å²) in [5.74, 6) is 0.931. The number of nitrogens with one attached hydrogen (secondary N) is 1. The highest BCUT2D eigenvalue weighted by molar-refractivity contribution is 6.30. The molecule has 4 nitrogen and oxygen atoms in total. The van der Waals surface area contributed by atoms with Crippen molar-refractivity contribution in [2.45, 2.75) is 57.4 Å². The molecule has 0 aliphatic heterocycles. The first kappa shape index (κ1) is 13.0. The molecule has 3 rings (SSSR count). The second-order valence-corrected chi connectivity index (χ2v) is 6.21. The molecule has 1 heterocycles. The predicted octanol–water partition coefficient (Wildman–Crippen LogP) is 2.65. The standard InChI is InChI=1S/C14H19ClN2O2/c15-12-11(10-3-1-2-4-10)13(18)17(14(19)16-12)8-7-9-5-6-9/h9-10H,1-8H2,(H,16,19). The summed E-state index contributed by atoms with van der Waals surface area (Å²) in [5.41, 5.74) is 0.105. The molecular weight excluding hydrogens is 264 g/mol. The maximum absolute atomic E-state index is 12.5. The number of H-pyrrole nitrogens is 1. The Hall–Kier alpha value is -1.03. The molecule has 0 spiro atoms. The van der Waals surface area contributed by atoms with Crippen molar-refractivity contribution in [1.82, 2.24) is 9.55 Å². The monoisotopic (exact) mass is 282 g/mol. The third kappa shape index (κ3) is 2.64. The Bertz CT molecular complexity index is 580. The van der Waals surface area contributed by atoms with Gasteiger partial charge in [0.1, 0.15) is 5.15 Å². The van der Waals surface area contributed by atoms with E-state index in [9.17, 15) is 9.59 Å². The number of rotatable bonds is 4. The molecule has 2 aliphatic carbocycles. The SMILES string of the molecule is O=c1[nH]c(Cl)c(C2CCCC2)c(=O)n1CCC1CC1. The summed E-state index contributed by atoms with van der Waals surface area (Å²) in [5, 5.41) is 0.254. The Kier molecular flexibility index (Phi) is 3.52. The van der Waals surface area contributed by atoms with Gasteiger partial charge in [0.2, 0.25) is 0 Å². The van der Waals surface area contributed by atoms with Gasteiger partial charge in [0.05, 0.1) is 5.56 Å². The van der Waals surface area contributed by atoms with E-state index in [4.69, 9.17) is 11.6 Å². The van der Waals surface area contributed by atoms with Gasteiger partial charge in [0.15, 0.2) is 0 Å². The van der Waals surface area contributed by atoms with Crippen LogP contribution >= 0.6 is 11.6 Å². The summed E-state index contributed by atoms with van der Waals surface area (Å²) < 4.78 is 1.35. The highest BCUT2D eigenvalue weighted by atomic mass is 35.5. The molecule has 1 N–H and O–H groups in total. The first-order chi connectivity index (χ1) is 9.16. The van der Waals surface area contributed by atoms with Crippen LogP contribution in [-0.4, -0.2) is 9.55 Å². The largest absolute Gasteiger partial charge is 0.329 e. The number of aromatic nitrogens is 2. The van der Waals surface area contributed by atoms with E-state index in [1.807, 2.05) is 0 Å². The van der Waals surface area contributed by atoms with Crippen LogP contribution in [0, 0.1) is 5.92 Å². The zero-order valence-electron chi connectivity index (χ0n) is 11.0. The van der Waals surface area contributed by atoms with Crippen molar-refractivity contribution >= 4 is 11.6 Å². The van der Waals surface area contributed by atoms with Crippen LogP contribution in [0.5, 0.6) is 0 Å². The van der Waals surface area contributed by atoms with Crippen molar-refractivity contribution in [3.05, 3.63) is 31.6 Å². The lowest BCUT2D eigenvalue weighted by Crippen LogP contribution is -2.38. The minimum atomic E-state index is -0.364. The molecule has 0 amide bonds. The molecule has 0 unspecified atom stereocenters. The fraction of sp³-hybridized carbons (Fsp3) is 0.714. The van der Waals surface area contributed by atoms with Crippen LogP contribution in [0.2, 0.25) is 5.15 Å². The summed E-state index contributed by atoms with van der Waals surface area (Å²) in [6.45, 7) is 0.524. The average molecular weight is 283 g/mol. The van der Waals surface area contributed by atoms with E-state index in [-0.39, 0.29) is 22.3 Å². The van der Waals surface area contributed by atoms with E-state index in [1.165, 1.54) is 17.4 Å². The molecule has 2 saturated carbocycles. The lowest BCUT2D eigenvalue weighted by Gasteiger charge is -2.13. The van der Waals surface area contributed by atoms with E-state index in [0.717, 1.165) is 32.1 Å². The Labute approximate surface area is 116 Å². The summed E-state index contributed by atoms with van der Waals surface area (Å²) in [6, 6.07) is 0. The van der Waals surface area contributed by atoms with Crippen molar-refractivity contribution in [1.29, 1.82) is 0 Å². The average Bonchev–Trinajstić information content (AvgIpc) is 3.03. The lowest BCUT2D eigenvalue weighted by molar-refractivity contribution is 0.544. The van der Waals surface area contributed by atoms with Gasteiger partial charge in [-0.1, -0.05) is 37.3 Å². The van der Waals surface area contributed by atoms with Crippen molar-refractivity contribution in [3.8, 4) is 0 Å². The zero-order chi connectivity index (χ0) is 13.4. The van der Waals surface area contributed by atoms with Gasteiger partial charge in [-0.2, -0.15) is 0 Å². The van der Waals surface area contributed by atoms with Gasteiger partial charge in [-0.05, 0) is 31.1 Å².